The minimum Gasteiger partial charge on any atom is -0.392 e. The number of nitrogens with one attached hydrogen (secondary N) is 1. The van der Waals surface area contributed by atoms with E-state index in [1.54, 1.807) is 6.07 Å². The van der Waals surface area contributed by atoms with Crippen LogP contribution in [0, 0.1) is 5.41 Å². The van der Waals surface area contributed by atoms with E-state index < -0.39 is 0 Å². The summed E-state index contributed by atoms with van der Waals surface area (Å²) in [6.07, 6.45) is 0.429. The second-order valence-electron chi connectivity index (χ2n) is 4.81. The third-order valence-electron chi connectivity index (χ3n) is 3.30. The van der Waals surface area contributed by atoms with Crippen LogP contribution in [-0.4, -0.2) is 27.2 Å². The first-order valence-corrected chi connectivity index (χ1v) is 5.24. The lowest BCUT2D eigenvalue weighted by Crippen LogP contribution is -2.57. The molecule has 88 valence electrons. The van der Waals surface area contributed by atoms with Gasteiger partial charge in [-0.15, -0.1) is 0 Å². The molecular weight excluding hydrogens is 206 g/mol. The molecule has 1 aromatic heterocycles. The van der Waals surface area contributed by atoms with Gasteiger partial charge in [-0.2, -0.15) is 9.97 Å². The molecule has 0 aromatic carbocycles. The van der Waals surface area contributed by atoms with E-state index in [1.165, 1.54) is 0 Å². The molecular formula is C10H17N5O. The highest BCUT2D eigenvalue weighted by molar-refractivity contribution is 5.49. The lowest BCUT2D eigenvalue weighted by atomic mass is 9.64. The van der Waals surface area contributed by atoms with E-state index in [4.69, 9.17) is 11.5 Å². The molecule has 0 saturated heterocycles. The first kappa shape index (κ1) is 10.9. The molecule has 6 nitrogen and oxygen atoms in total. The molecule has 1 aliphatic carbocycles. The summed E-state index contributed by atoms with van der Waals surface area (Å²) in [6.45, 7) is 4.01. The molecule has 0 aliphatic heterocycles. The van der Waals surface area contributed by atoms with Gasteiger partial charge in [0.15, 0.2) is 0 Å². The molecule has 16 heavy (non-hydrogen) atoms. The van der Waals surface area contributed by atoms with Gasteiger partial charge in [-0.3, -0.25) is 0 Å². The van der Waals surface area contributed by atoms with Gasteiger partial charge in [0.25, 0.3) is 0 Å². The van der Waals surface area contributed by atoms with Crippen molar-refractivity contribution in [3.8, 4) is 0 Å². The van der Waals surface area contributed by atoms with Gasteiger partial charge in [-0.05, 0) is 6.42 Å². The molecule has 0 radical (unpaired) electrons. The number of hydrogen-bond acceptors (Lipinski definition) is 6. The van der Waals surface area contributed by atoms with E-state index in [0.29, 0.717) is 18.1 Å². The Labute approximate surface area is 94.1 Å². The molecule has 2 unspecified atom stereocenters. The number of aliphatic hydroxyl groups is 1. The molecule has 2 rings (SSSR count). The molecule has 1 heterocycles. The highest BCUT2D eigenvalue weighted by atomic mass is 16.3. The van der Waals surface area contributed by atoms with Gasteiger partial charge >= 0.3 is 0 Å². The first-order chi connectivity index (χ1) is 7.39. The average Bonchev–Trinajstić information content (AvgIpc) is 2.15. The first-order valence-electron chi connectivity index (χ1n) is 5.24. The topological polar surface area (TPSA) is 110 Å². The fourth-order valence-electron chi connectivity index (χ4n) is 1.89. The summed E-state index contributed by atoms with van der Waals surface area (Å²) in [5.74, 6) is 1.10. The zero-order chi connectivity index (χ0) is 11.9. The van der Waals surface area contributed by atoms with E-state index >= 15 is 0 Å². The van der Waals surface area contributed by atoms with Crippen LogP contribution in [0.2, 0.25) is 0 Å². The Balaban J connectivity index is 2.11. The van der Waals surface area contributed by atoms with Crippen LogP contribution in [-0.2, 0) is 0 Å². The van der Waals surface area contributed by atoms with Crippen LogP contribution in [0.25, 0.3) is 0 Å². The second-order valence-corrected chi connectivity index (χ2v) is 4.81. The van der Waals surface area contributed by atoms with Crippen LogP contribution in [0.15, 0.2) is 6.07 Å². The normalized spacial score (nSPS) is 27.2. The van der Waals surface area contributed by atoms with Gasteiger partial charge in [-0.1, -0.05) is 13.8 Å². The number of nitrogens with zero attached hydrogens (tertiary/aromatic N) is 2. The van der Waals surface area contributed by atoms with Crippen LogP contribution in [0.5, 0.6) is 0 Å². The maximum Gasteiger partial charge on any atom is 0.223 e. The number of nitrogens with two attached hydrogens (primary N) is 2. The van der Waals surface area contributed by atoms with E-state index in [2.05, 4.69) is 15.3 Å². The number of hydrogen-bond donors (Lipinski definition) is 4. The standard InChI is InChI=1S/C10H17N5O/c1-10(2)5(3-6(10)16)13-8-4-7(11)14-9(12)15-8/h4-6,16H,3H2,1-2H3,(H5,11,12,13,14,15). The van der Waals surface area contributed by atoms with Crippen LogP contribution in [0.4, 0.5) is 17.6 Å². The van der Waals surface area contributed by atoms with E-state index in [9.17, 15) is 5.11 Å². The van der Waals surface area contributed by atoms with Gasteiger partial charge in [-0.25, -0.2) is 0 Å². The third kappa shape index (κ3) is 1.76. The van der Waals surface area contributed by atoms with Gasteiger partial charge in [0, 0.05) is 17.5 Å². The zero-order valence-corrected chi connectivity index (χ0v) is 9.44. The molecule has 1 saturated carbocycles. The van der Waals surface area contributed by atoms with Crippen molar-refractivity contribution in [2.24, 2.45) is 5.41 Å². The zero-order valence-electron chi connectivity index (χ0n) is 9.44. The Hall–Kier alpha value is -1.56. The van der Waals surface area contributed by atoms with Crippen LogP contribution < -0.4 is 16.8 Å². The van der Waals surface area contributed by atoms with E-state index in [1.807, 2.05) is 13.8 Å². The minimum atomic E-state index is -0.276. The van der Waals surface area contributed by atoms with E-state index in [0.717, 1.165) is 0 Å². The van der Waals surface area contributed by atoms with Crippen LogP contribution in [0.3, 0.4) is 0 Å². The van der Waals surface area contributed by atoms with E-state index in [-0.39, 0.29) is 23.5 Å². The summed E-state index contributed by atoms with van der Waals surface area (Å²) in [4.78, 5) is 7.83. The number of nitrogen functional groups attached to an aromatic ring is 2. The Morgan fingerprint density at radius 1 is 1.44 bits per heavy atom. The number of anilines is 3. The van der Waals surface area contributed by atoms with Crippen molar-refractivity contribution in [2.75, 3.05) is 16.8 Å². The van der Waals surface area contributed by atoms with Crippen molar-refractivity contribution < 1.29 is 5.11 Å². The molecule has 1 aliphatic rings. The van der Waals surface area contributed by atoms with Crippen molar-refractivity contribution in [1.82, 2.24) is 9.97 Å². The van der Waals surface area contributed by atoms with Crippen molar-refractivity contribution in [3.63, 3.8) is 0 Å². The Kier molecular flexibility index (Phi) is 2.38. The summed E-state index contributed by atoms with van der Waals surface area (Å²) in [5, 5.41) is 12.8. The van der Waals surface area contributed by atoms with Crippen molar-refractivity contribution in [2.45, 2.75) is 32.4 Å². The lowest BCUT2D eigenvalue weighted by Gasteiger charge is -2.49. The van der Waals surface area contributed by atoms with Gasteiger partial charge in [0.1, 0.15) is 11.6 Å². The van der Waals surface area contributed by atoms with Crippen LogP contribution >= 0.6 is 0 Å². The molecule has 0 amide bonds. The molecule has 0 spiro atoms. The van der Waals surface area contributed by atoms with Crippen molar-refractivity contribution in [3.05, 3.63) is 6.07 Å². The maximum atomic E-state index is 9.61. The van der Waals surface area contributed by atoms with Gasteiger partial charge < -0.3 is 21.9 Å². The van der Waals surface area contributed by atoms with Crippen molar-refractivity contribution in [1.29, 1.82) is 0 Å². The molecule has 6 heteroatoms. The minimum absolute atomic E-state index is 0.153. The molecule has 2 atom stereocenters. The third-order valence-corrected chi connectivity index (χ3v) is 3.30. The predicted octanol–water partition coefficient (Wildman–Crippen LogP) is 0.212. The summed E-state index contributed by atoms with van der Waals surface area (Å²) in [7, 11) is 0. The highest BCUT2D eigenvalue weighted by Gasteiger charge is 2.47. The largest absolute Gasteiger partial charge is 0.392 e. The summed E-state index contributed by atoms with van der Waals surface area (Å²) in [6, 6.07) is 1.81. The number of aliphatic hydroxyl groups excluding tert-OH is 1. The number of aromatic nitrogens is 2. The van der Waals surface area contributed by atoms with Crippen LogP contribution in [0.1, 0.15) is 20.3 Å². The molecule has 1 fully saturated rings. The second kappa shape index (κ2) is 3.48. The Morgan fingerprint density at radius 2 is 2.12 bits per heavy atom. The smallest absolute Gasteiger partial charge is 0.223 e. The number of rotatable bonds is 2. The summed E-state index contributed by atoms with van der Waals surface area (Å²) >= 11 is 0. The van der Waals surface area contributed by atoms with Gasteiger partial charge in [0.2, 0.25) is 5.95 Å². The fraction of sp³-hybridized carbons (Fsp3) is 0.600. The lowest BCUT2D eigenvalue weighted by molar-refractivity contribution is -0.0511. The quantitative estimate of drug-likeness (QED) is 0.570. The molecule has 6 N–H and O–H groups in total. The average molecular weight is 223 g/mol. The molecule has 0 bridgehead atoms. The fourth-order valence-corrected chi connectivity index (χ4v) is 1.89. The molecule has 1 aromatic rings. The van der Waals surface area contributed by atoms with Gasteiger partial charge in [0.05, 0.1) is 6.10 Å². The monoisotopic (exact) mass is 223 g/mol. The summed E-state index contributed by atoms with van der Waals surface area (Å²) in [5.41, 5.74) is 10.9. The van der Waals surface area contributed by atoms with Crippen molar-refractivity contribution >= 4 is 17.6 Å². The summed E-state index contributed by atoms with van der Waals surface area (Å²) < 4.78 is 0. The Bertz CT molecular complexity index is 386. The maximum absolute atomic E-state index is 9.61. The highest BCUT2D eigenvalue weighted by Crippen LogP contribution is 2.42. The predicted molar refractivity (Wildman–Crippen MR) is 62.7 cm³/mol. The Morgan fingerprint density at radius 3 is 2.62 bits per heavy atom. The SMILES string of the molecule is CC1(C)C(O)CC1Nc1cc(N)nc(N)n1.